The molecule has 2 atom stereocenters. The first-order valence-electron chi connectivity index (χ1n) is 3.15. The van der Waals surface area contributed by atoms with Crippen molar-refractivity contribution in [2.75, 3.05) is 7.11 Å². The lowest BCUT2D eigenvalue weighted by molar-refractivity contribution is -0.153. The van der Waals surface area contributed by atoms with Gasteiger partial charge >= 0.3 is 11.9 Å². The number of esters is 1. The minimum atomic E-state index is -0.983. The Balaban J connectivity index is 2.59. The van der Waals surface area contributed by atoms with E-state index in [4.69, 9.17) is 5.11 Å². The zero-order chi connectivity index (χ0) is 8.43. The summed E-state index contributed by atoms with van der Waals surface area (Å²) in [5.41, 5.74) is 0. The van der Waals surface area contributed by atoms with Gasteiger partial charge < -0.3 is 9.84 Å². The molecule has 0 spiro atoms. The summed E-state index contributed by atoms with van der Waals surface area (Å²) in [6.07, 6.45) is 3.01. The van der Waals surface area contributed by atoms with Crippen molar-refractivity contribution in [1.82, 2.24) is 0 Å². The minimum Gasteiger partial charge on any atom is -0.481 e. The standard InChI is InChI=1S/C7H8O4/c1-11-7(10)5-3-2-4(5)6(8)9/h2-5H,1H3,(H,8,9)/t4-,5-/m1/s1. The van der Waals surface area contributed by atoms with Crippen LogP contribution in [0.5, 0.6) is 0 Å². The number of hydrogen-bond donors (Lipinski definition) is 1. The SMILES string of the molecule is COC(=O)[C@@H]1C=C[C@H]1C(=O)O. The van der Waals surface area contributed by atoms with Crippen LogP contribution in [0.4, 0.5) is 0 Å². The fraction of sp³-hybridized carbons (Fsp3) is 0.429. The molecular weight excluding hydrogens is 148 g/mol. The van der Waals surface area contributed by atoms with E-state index in [2.05, 4.69) is 4.74 Å². The van der Waals surface area contributed by atoms with Gasteiger partial charge in [0.2, 0.25) is 0 Å². The molecule has 0 aromatic rings. The molecule has 0 unspecified atom stereocenters. The number of carboxylic acid groups (broad SMARTS) is 1. The molecule has 0 bridgehead atoms. The van der Waals surface area contributed by atoms with Gasteiger partial charge in [-0.25, -0.2) is 0 Å². The maximum Gasteiger partial charge on any atom is 0.313 e. The van der Waals surface area contributed by atoms with Crippen LogP contribution in [0, 0.1) is 11.8 Å². The molecule has 0 heterocycles. The number of carbonyl (C=O) groups excluding carboxylic acids is 1. The lowest BCUT2D eigenvalue weighted by Crippen LogP contribution is -2.33. The summed E-state index contributed by atoms with van der Waals surface area (Å²) in [5, 5.41) is 8.49. The number of aliphatic carboxylic acids is 1. The number of hydrogen-bond acceptors (Lipinski definition) is 3. The first kappa shape index (κ1) is 7.78. The van der Waals surface area contributed by atoms with Gasteiger partial charge in [-0.15, -0.1) is 0 Å². The Labute approximate surface area is 63.5 Å². The van der Waals surface area contributed by atoms with Gasteiger partial charge in [-0.2, -0.15) is 0 Å². The van der Waals surface area contributed by atoms with Gasteiger partial charge in [0.25, 0.3) is 0 Å². The van der Waals surface area contributed by atoms with Gasteiger partial charge in [-0.3, -0.25) is 9.59 Å². The van der Waals surface area contributed by atoms with E-state index >= 15 is 0 Å². The first-order chi connectivity index (χ1) is 5.16. The predicted octanol–water partition coefficient (Wildman–Crippen LogP) is 0.0462. The Bertz CT molecular complexity index is 218. The Hall–Kier alpha value is -1.32. The van der Waals surface area contributed by atoms with Crippen molar-refractivity contribution in [3.8, 4) is 0 Å². The molecule has 1 aliphatic carbocycles. The molecule has 0 aliphatic heterocycles. The van der Waals surface area contributed by atoms with Gasteiger partial charge in [0.15, 0.2) is 0 Å². The molecule has 4 heteroatoms. The molecule has 11 heavy (non-hydrogen) atoms. The van der Waals surface area contributed by atoms with Crippen LogP contribution in [-0.2, 0) is 14.3 Å². The summed E-state index contributed by atoms with van der Waals surface area (Å²) in [6, 6.07) is 0. The van der Waals surface area contributed by atoms with E-state index in [9.17, 15) is 9.59 Å². The second-order valence-corrected chi connectivity index (χ2v) is 2.30. The van der Waals surface area contributed by atoms with Crippen LogP contribution in [0.15, 0.2) is 12.2 Å². The second-order valence-electron chi connectivity index (χ2n) is 2.30. The van der Waals surface area contributed by atoms with E-state index in [0.29, 0.717) is 0 Å². The molecule has 0 saturated carbocycles. The van der Waals surface area contributed by atoms with Gasteiger partial charge in [-0.05, 0) is 0 Å². The molecule has 0 fully saturated rings. The number of ether oxygens (including phenoxy) is 1. The highest BCUT2D eigenvalue weighted by Gasteiger charge is 2.36. The van der Waals surface area contributed by atoms with Gasteiger partial charge in [0.1, 0.15) is 0 Å². The van der Waals surface area contributed by atoms with Crippen LogP contribution in [0.25, 0.3) is 0 Å². The van der Waals surface area contributed by atoms with Crippen LogP contribution < -0.4 is 0 Å². The first-order valence-corrected chi connectivity index (χ1v) is 3.15. The van der Waals surface area contributed by atoms with Gasteiger partial charge in [0, 0.05) is 0 Å². The van der Waals surface area contributed by atoms with Gasteiger partial charge in [0.05, 0.1) is 18.9 Å². The zero-order valence-electron chi connectivity index (χ0n) is 5.98. The highest BCUT2D eigenvalue weighted by molar-refractivity contribution is 5.86. The average molecular weight is 156 g/mol. The Morgan fingerprint density at radius 1 is 1.36 bits per heavy atom. The van der Waals surface area contributed by atoms with Gasteiger partial charge in [-0.1, -0.05) is 12.2 Å². The van der Waals surface area contributed by atoms with Crippen molar-refractivity contribution in [2.24, 2.45) is 11.8 Å². The van der Waals surface area contributed by atoms with Crippen molar-refractivity contribution in [1.29, 1.82) is 0 Å². The molecule has 0 radical (unpaired) electrons. The molecule has 60 valence electrons. The number of rotatable bonds is 2. The maximum atomic E-state index is 10.8. The normalized spacial score (nSPS) is 27.4. The number of carboxylic acids is 1. The topological polar surface area (TPSA) is 63.6 Å². The van der Waals surface area contributed by atoms with Crippen molar-refractivity contribution < 1.29 is 19.4 Å². The lowest BCUT2D eigenvalue weighted by Gasteiger charge is -2.22. The fourth-order valence-corrected chi connectivity index (χ4v) is 0.931. The highest BCUT2D eigenvalue weighted by atomic mass is 16.5. The molecule has 0 aromatic heterocycles. The number of methoxy groups -OCH3 is 1. The van der Waals surface area contributed by atoms with Crippen molar-refractivity contribution in [2.45, 2.75) is 0 Å². The summed E-state index contributed by atoms with van der Waals surface area (Å²) in [4.78, 5) is 21.1. The highest BCUT2D eigenvalue weighted by Crippen LogP contribution is 2.26. The summed E-state index contributed by atoms with van der Waals surface area (Å²) in [5.74, 6) is -2.75. The van der Waals surface area contributed by atoms with Crippen molar-refractivity contribution in [3.63, 3.8) is 0 Å². The second kappa shape index (κ2) is 2.74. The fourth-order valence-electron chi connectivity index (χ4n) is 0.931. The quantitative estimate of drug-likeness (QED) is 0.453. The molecule has 1 aliphatic rings. The molecule has 0 amide bonds. The maximum absolute atomic E-state index is 10.8. The molecular formula is C7H8O4. The average Bonchev–Trinajstić information content (AvgIpc) is 1.83. The van der Waals surface area contributed by atoms with E-state index in [-0.39, 0.29) is 0 Å². The Morgan fingerprint density at radius 2 is 1.91 bits per heavy atom. The largest absolute Gasteiger partial charge is 0.481 e. The van der Waals surface area contributed by atoms with E-state index in [1.54, 1.807) is 0 Å². The Morgan fingerprint density at radius 3 is 2.18 bits per heavy atom. The molecule has 0 aromatic carbocycles. The predicted molar refractivity (Wildman–Crippen MR) is 35.8 cm³/mol. The van der Waals surface area contributed by atoms with E-state index in [1.807, 2.05) is 0 Å². The van der Waals surface area contributed by atoms with Crippen molar-refractivity contribution >= 4 is 11.9 Å². The zero-order valence-corrected chi connectivity index (χ0v) is 5.98. The summed E-state index contributed by atoms with van der Waals surface area (Å²) < 4.78 is 4.38. The monoisotopic (exact) mass is 156 g/mol. The third-order valence-electron chi connectivity index (χ3n) is 1.67. The van der Waals surface area contributed by atoms with Crippen LogP contribution in [0.1, 0.15) is 0 Å². The van der Waals surface area contributed by atoms with Crippen LogP contribution in [-0.4, -0.2) is 24.2 Å². The summed E-state index contributed by atoms with van der Waals surface area (Å²) in [7, 11) is 1.24. The number of carbonyl (C=O) groups is 2. The van der Waals surface area contributed by atoms with Crippen LogP contribution >= 0.6 is 0 Å². The third-order valence-corrected chi connectivity index (χ3v) is 1.67. The van der Waals surface area contributed by atoms with E-state index in [1.165, 1.54) is 19.3 Å². The minimum absolute atomic E-state index is 0.486. The van der Waals surface area contributed by atoms with E-state index in [0.717, 1.165) is 0 Å². The summed E-state index contributed by atoms with van der Waals surface area (Å²) >= 11 is 0. The third kappa shape index (κ3) is 1.24. The smallest absolute Gasteiger partial charge is 0.313 e. The van der Waals surface area contributed by atoms with Crippen LogP contribution in [0.2, 0.25) is 0 Å². The molecule has 1 rings (SSSR count). The van der Waals surface area contributed by atoms with Crippen LogP contribution in [0.3, 0.4) is 0 Å². The van der Waals surface area contributed by atoms with Crippen molar-refractivity contribution in [3.05, 3.63) is 12.2 Å². The molecule has 4 nitrogen and oxygen atoms in total. The van der Waals surface area contributed by atoms with E-state index < -0.39 is 23.8 Å². The lowest BCUT2D eigenvalue weighted by atomic mass is 9.82. The summed E-state index contributed by atoms with van der Waals surface area (Å²) in [6.45, 7) is 0. The molecule has 0 saturated heterocycles. The Kier molecular flexibility index (Phi) is 1.94. The molecule has 1 N–H and O–H groups in total.